The molecule has 0 unspecified atom stereocenters. The van der Waals surface area contributed by atoms with E-state index in [0.717, 1.165) is 30.6 Å². The summed E-state index contributed by atoms with van der Waals surface area (Å²) < 4.78 is 5.02. The molecule has 0 radical (unpaired) electrons. The van der Waals surface area contributed by atoms with Gasteiger partial charge in [-0.25, -0.2) is 4.79 Å². The Labute approximate surface area is 139 Å². The molecule has 3 rings (SSSR count). The lowest BCUT2D eigenvalue weighted by molar-refractivity contribution is -0.121. The fourth-order valence-electron chi connectivity index (χ4n) is 3.90. The molecule has 0 aromatic carbocycles. The van der Waals surface area contributed by atoms with Crippen molar-refractivity contribution in [3.05, 3.63) is 16.0 Å². The molecule has 0 spiro atoms. The molecule has 122 valence electrons. The molecule has 1 aromatic heterocycles. The smallest absolute Gasteiger partial charge is 0.348 e. The summed E-state index contributed by atoms with van der Waals surface area (Å²) in [5, 5.41) is 12.7. The second kappa shape index (κ2) is 6.32. The molecule has 2 aliphatic carbocycles. The predicted molar refractivity (Wildman–Crippen MR) is 87.3 cm³/mol. The number of hydrogen-bond acceptors (Lipinski definition) is 5. The summed E-state index contributed by atoms with van der Waals surface area (Å²) in [4.78, 5) is 24.9. The van der Waals surface area contributed by atoms with Crippen LogP contribution in [-0.2, 0) is 9.53 Å². The molecular formula is C17H20N2O3S. The zero-order valence-electron chi connectivity index (χ0n) is 13.3. The highest BCUT2D eigenvalue weighted by Gasteiger charge is 2.43. The SMILES string of the molecule is CCOC(=O)c1sc(NC(=O)[C@H]2C[C@H]3CC[C@@H]2C3)c(C#N)c1C. The standard InChI is InChI=1S/C17H20N2O3S/c1-3-22-17(21)14-9(2)13(8-18)16(23-14)19-15(20)12-7-10-4-5-11(12)6-10/h10-12H,3-7H2,1-2H3,(H,19,20)/t10-,11+,12-/m0/s1. The molecule has 2 fully saturated rings. The summed E-state index contributed by atoms with van der Waals surface area (Å²) in [6, 6.07) is 2.10. The van der Waals surface area contributed by atoms with E-state index in [9.17, 15) is 14.9 Å². The van der Waals surface area contributed by atoms with Crippen molar-refractivity contribution in [3.8, 4) is 6.07 Å². The first-order valence-electron chi connectivity index (χ1n) is 8.06. The quantitative estimate of drug-likeness (QED) is 0.856. The van der Waals surface area contributed by atoms with E-state index < -0.39 is 5.97 Å². The van der Waals surface area contributed by atoms with Crippen LogP contribution in [0.4, 0.5) is 5.00 Å². The molecule has 1 aromatic rings. The van der Waals surface area contributed by atoms with Crippen molar-refractivity contribution in [2.75, 3.05) is 11.9 Å². The lowest BCUT2D eigenvalue weighted by Gasteiger charge is -2.20. The van der Waals surface area contributed by atoms with Gasteiger partial charge in [0, 0.05) is 5.92 Å². The Hall–Kier alpha value is -1.87. The maximum Gasteiger partial charge on any atom is 0.348 e. The zero-order chi connectivity index (χ0) is 16.6. The van der Waals surface area contributed by atoms with Crippen LogP contribution < -0.4 is 5.32 Å². The van der Waals surface area contributed by atoms with E-state index in [2.05, 4.69) is 11.4 Å². The molecule has 0 saturated heterocycles. The topological polar surface area (TPSA) is 79.2 Å². The van der Waals surface area contributed by atoms with Crippen molar-refractivity contribution in [2.45, 2.75) is 39.5 Å². The van der Waals surface area contributed by atoms with Gasteiger partial charge in [-0.1, -0.05) is 6.42 Å². The summed E-state index contributed by atoms with van der Waals surface area (Å²) >= 11 is 1.14. The van der Waals surface area contributed by atoms with Crippen LogP contribution in [0.1, 0.15) is 53.4 Å². The van der Waals surface area contributed by atoms with Crippen molar-refractivity contribution < 1.29 is 14.3 Å². The summed E-state index contributed by atoms with van der Waals surface area (Å²) in [6.45, 7) is 3.74. The van der Waals surface area contributed by atoms with Gasteiger partial charge in [0.1, 0.15) is 15.9 Å². The van der Waals surface area contributed by atoms with Gasteiger partial charge >= 0.3 is 5.97 Å². The van der Waals surface area contributed by atoms with Gasteiger partial charge in [0.25, 0.3) is 0 Å². The maximum absolute atomic E-state index is 12.6. The Balaban J connectivity index is 1.80. The average Bonchev–Trinajstić information content (AvgIpc) is 3.22. The maximum atomic E-state index is 12.6. The number of esters is 1. The Morgan fingerprint density at radius 2 is 2.17 bits per heavy atom. The number of fused-ring (bicyclic) bond motifs is 2. The zero-order valence-corrected chi connectivity index (χ0v) is 14.2. The minimum atomic E-state index is -0.438. The Kier molecular flexibility index (Phi) is 4.40. The van der Waals surface area contributed by atoms with Gasteiger partial charge in [0.2, 0.25) is 5.91 Å². The van der Waals surface area contributed by atoms with Crippen molar-refractivity contribution in [3.63, 3.8) is 0 Å². The van der Waals surface area contributed by atoms with Crippen LogP contribution in [0.5, 0.6) is 0 Å². The van der Waals surface area contributed by atoms with Crippen LogP contribution in [0, 0.1) is 36.0 Å². The first-order chi connectivity index (χ1) is 11.0. The molecule has 1 heterocycles. The third-order valence-electron chi connectivity index (χ3n) is 5.03. The number of carbonyl (C=O) groups is 2. The first kappa shape index (κ1) is 16.0. The van der Waals surface area contributed by atoms with Gasteiger partial charge in [0.15, 0.2) is 0 Å². The van der Waals surface area contributed by atoms with E-state index >= 15 is 0 Å². The van der Waals surface area contributed by atoms with E-state index in [1.165, 1.54) is 6.42 Å². The molecule has 5 nitrogen and oxygen atoms in total. The van der Waals surface area contributed by atoms with E-state index in [-0.39, 0.29) is 18.4 Å². The number of nitrogens with zero attached hydrogens (tertiary/aromatic N) is 1. The molecule has 2 aliphatic rings. The van der Waals surface area contributed by atoms with Crippen LogP contribution in [0.3, 0.4) is 0 Å². The summed E-state index contributed by atoms with van der Waals surface area (Å²) in [5.41, 5.74) is 0.953. The molecule has 0 aliphatic heterocycles. The van der Waals surface area contributed by atoms with E-state index in [1.807, 2.05) is 0 Å². The van der Waals surface area contributed by atoms with Crippen molar-refractivity contribution in [2.24, 2.45) is 17.8 Å². The summed E-state index contributed by atoms with van der Waals surface area (Å²) in [6.07, 6.45) is 4.47. The normalized spacial score (nSPS) is 25.2. The van der Waals surface area contributed by atoms with Gasteiger partial charge in [-0.05, 0) is 50.5 Å². The highest BCUT2D eigenvalue weighted by Crippen LogP contribution is 2.48. The predicted octanol–water partition coefficient (Wildman–Crippen LogP) is 3.48. The largest absolute Gasteiger partial charge is 0.462 e. The number of carbonyl (C=O) groups excluding carboxylic acids is 2. The minimum absolute atomic E-state index is 0.00893. The average molecular weight is 332 g/mol. The van der Waals surface area contributed by atoms with Crippen molar-refractivity contribution >= 4 is 28.2 Å². The van der Waals surface area contributed by atoms with Gasteiger partial charge in [-0.15, -0.1) is 11.3 Å². The molecule has 23 heavy (non-hydrogen) atoms. The van der Waals surface area contributed by atoms with Crippen molar-refractivity contribution in [1.82, 2.24) is 0 Å². The highest BCUT2D eigenvalue weighted by molar-refractivity contribution is 7.18. The van der Waals surface area contributed by atoms with E-state index in [4.69, 9.17) is 4.74 Å². The number of amides is 1. The van der Waals surface area contributed by atoms with Crippen LogP contribution in [0.25, 0.3) is 0 Å². The van der Waals surface area contributed by atoms with Crippen molar-refractivity contribution in [1.29, 1.82) is 5.26 Å². The van der Waals surface area contributed by atoms with Gasteiger partial charge in [-0.3, -0.25) is 4.79 Å². The van der Waals surface area contributed by atoms with Crippen LogP contribution in [-0.4, -0.2) is 18.5 Å². The Morgan fingerprint density at radius 1 is 1.39 bits per heavy atom. The number of nitriles is 1. The van der Waals surface area contributed by atoms with Crippen LogP contribution in [0.2, 0.25) is 0 Å². The monoisotopic (exact) mass is 332 g/mol. The molecular weight excluding hydrogens is 312 g/mol. The second-order valence-corrected chi connectivity index (χ2v) is 7.38. The lowest BCUT2D eigenvalue weighted by Crippen LogP contribution is -2.27. The van der Waals surface area contributed by atoms with Gasteiger partial charge in [0.05, 0.1) is 12.2 Å². The molecule has 2 saturated carbocycles. The number of nitrogens with one attached hydrogen (secondary N) is 1. The molecule has 1 N–H and O–H groups in total. The second-order valence-electron chi connectivity index (χ2n) is 6.36. The fraction of sp³-hybridized carbons (Fsp3) is 0.588. The van der Waals surface area contributed by atoms with Gasteiger partial charge in [-0.2, -0.15) is 5.26 Å². The third kappa shape index (κ3) is 2.86. The van der Waals surface area contributed by atoms with Gasteiger partial charge < -0.3 is 10.1 Å². The number of hydrogen-bond donors (Lipinski definition) is 1. The number of anilines is 1. The number of ether oxygens (including phenoxy) is 1. The number of rotatable bonds is 4. The van der Waals surface area contributed by atoms with Crippen LogP contribution >= 0.6 is 11.3 Å². The Morgan fingerprint density at radius 3 is 2.74 bits per heavy atom. The number of thiophene rings is 1. The van der Waals surface area contributed by atoms with E-state index in [0.29, 0.717) is 32.8 Å². The molecule has 1 amide bonds. The summed E-state index contributed by atoms with van der Waals surface area (Å²) in [5.74, 6) is 0.772. The van der Waals surface area contributed by atoms with Crippen LogP contribution in [0.15, 0.2) is 0 Å². The lowest BCUT2D eigenvalue weighted by atomic mass is 9.88. The fourth-order valence-corrected chi connectivity index (χ4v) is 4.95. The molecule has 3 atom stereocenters. The third-order valence-corrected chi connectivity index (χ3v) is 6.22. The Bertz CT molecular complexity index is 689. The first-order valence-corrected chi connectivity index (χ1v) is 8.88. The molecule has 6 heteroatoms. The van der Waals surface area contributed by atoms with E-state index in [1.54, 1.807) is 13.8 Å². The minimum Gasteiger partial charge on any atom is -0.462 e. The highest BCUT2D eigenvalue weighted by atomic mass is 32.1. The molecule has 2 bridgehead atoms. The summed E-state index contributed by atoms with van der Waals surface area (Å²) in [7, 11) is 0.